The van der Waals surface area contributed by atoms with Gasteiger partial charge in [-0.15, -0.1) is 0 Å². The number of amides is 2. The molecule has 2 rings (SSSR count). The van der Waals surface area contributed by atoms with Crippen LogP contribution in [0.3, 0.4) is 0 Å². The van der Waals surface area contributed by atoms with E-state index < -0.39 is 6.04 Å². The molecule has 0 aliphatic carbocycles. The Morgan fingerprint density at radius 1 is 1.07 bits per heavy atom. The van der Waals surface area contributed by atoms with Crippen molar-refractivity contribution in [1.29, 1.82) is 0 Å². The molecular weight excluding hydrogens is 383 g/mol. The van der Waals surface area contributed by atoms with Gasteiger partial charge >= 0.3 is 0 Å². The highest BCUT2D eigenvalue weighted by molar-refractivity contribution is 6.36. The van der Waals surface area contributed by atoms with Crippen LogP contribution in [0.5, 0.6) is 0 Å². The van der Waals surface area contributed by atoms with Crippen molar-refractivity contribution in [3.8, 4) is 0 Å². The second-order valence-corrected chi connectivity index (χ2v) is 7.21. The monoisotopic (exact) mass is 406 g/mol. The van der Waals surface area contributed by atoms with Crippen LogP contribution in [0.4, 0.5) is 0 Å². The van der Waals surface area contributed by atoms with Crippen LogP contribution in [0.15, 0.2) is 42.5 Å². The zero-order valence-corrected chi connectivity index (χ0v) is 17.3. The van der Waals surface area contributed by atoms with Gasteiger partial charge in [0.1, 0.15) is 6.04 Å². The van der Waals surface area contributed by atoms with Crippen molar-refractivity contribution in [2.24, 2.45) is 0 Å². The summed E-state index contributed by atoms with van der Waals surface area (Å²) in [6, 6.07) is 12.3. The van der Waals surface area contributed by atoms with Gasteiger partial charge in [-0.25, -0.2) is 0 Å². The molecule has 0 saturated carbocycles. The summed E-state index contributed by atoms with van der Waals surface area (Å²) in [7, 11) is 0. The molecule has 0 aliphatic rings. The first kappa shape index (κ1) is 21.3. The average molecular weight is 407 g/mol. The largest absolute Gasteiger partial charge is 0.355 e. The highest BCUT2D eigenvalue weighted by atomic mass is 35.5. The van der Waals surface area contributed by atoms with Gasteiger partial charge in [-0.1, -0.05) is 53.5 Å². The molecule has 2 aromatic carbocycles. The van der Waals surface area contributed by atoms with E-state index in [0.29, 0.717) is 28.7 Å². The van der Waals surface area contributed by atoms with E-state index in [0.717, 1.165) is 11.1 Å². The fourth-order valence-corrected chi connectivity index (χ4v) is 3.36. The van der Waals surface area contributed by atoms with E-state index in [1.165, 1.54) is 0 Å². The van der Waals surface area contributed by atoms with Crippen LogP contribution in [0.25, 0.3) is 0 Å². The molecule has 6 heteroatoms. The number of carbonyl (C=O) groups excluding carboxylic acids is 2. The maximum atomic E-state index is 13.1. The predicted octanol–water partition coefficient (Wildman–Crippen LogP) is 4.40. The van der Waals surface area contributed by atoms with Crippen LogP contribution >= 0.6 is 23.2 Å². The van der Waals surface area contributed by atoms with E-state index in [9.17, 15) is 9.59 Å². The molecule has 144 valence electrons. The highest BCUT2D eigenvalue weighted by Crippen LogP contribution is 2.26. The molecule has 2 amide bonds. The van der Waals surface area contributed by atoms with Crippen molar-refractivity contribution in [3.63, 3.8) is 0 Å². The molecule has 0 bridgehead atoms. The van der Waals surface area contributed by atoms with Gasteiger partial charge in [0.15, 0.2) is 0 Å². The van der Waals surface area contributed by atoms with Crippen LogP contribution in [-0.4, -0.2) is 29.3 Å². The van der Waals surface area contributed by atoms with Crippen LogP contribution in [-0.2, 0) is 22.6 Å². The lowest BCUT2D eigenvalue weighted by Gasteiger charge is -2.29. The summed E-state index contributed by atoms with van der Waals surface area (Å²) < 4.78 is 0. The van der Waals surface area contributed by atoms with E-state index >= 15 is 0 Å². The maximum Gasteiger partial charge on any atom is 0.242 e. The summed E-state index contributed by atoms with van der Waals surface area (Å²) in [6.45, 7) is 6.41. The van der Waals surface area contributed by atoms with Crippen LogP contribution in [0.1, 0.15) is 30.5 Å². The van der Waals surface area contributed by atoms with Gasteiger partial charge in [0.25, 0.3) is 0 Å². The second-order valence-electron chi connectivity index (χ2n) is 6.40. The Labute approximate surface area is 170 Å². The van der Waals surface area contributed by atoms with Gasteiger partial charge in [0, 0.05) is 23.1 Å². The minimum absolute atomic E-state index is 0.0358. The lowest BCUT2D eigenvalue weighted by Crippen LogP contribution is -2.48. The molecule has 0 saturated heterocycles. The summed E-state index contributed by atoms with van der Waals surface area (Å²) in [4.78, 5) is 27.1. The summed E-state index contributed by atoms with van der Waals surface area (Å²) in [5, 5.41) is 3.67. The van der Waals surface area contributed by atoms with Crippen molar-refractivity contribution in [3.05, 3.63) is 69.2 Å². The average Bonchev–Trinajstić information content (AvgIpc) is 2.63. The van der Waals surface area contributed by atoms with E-state index in [-0.39, 0.29) is 18.2 Å². The molecule has 0 spiro atoms. The molecule has 2 aromatic rings. The number of aryl methyl sites for hydroxylation is 1. The Bertz CT molecular complexity index is 803. The Morgan fingerprint density at radius 3 is 2.30 bits per heavy atom. The first-order chi connectivity index (χ1) is 12.8. The zero-order valence-electron chi connectivity index (χ0n) is 15.8. The first-order valence-corrected chi connectivity index (χ1v) is 9.65. The molecule has 0 aliphatic heterocycles. The second kappa shape index (κ2) is 9.77. The zero-order chi connectivity index (χ0) is 20.0. The number of halogens is 2. The Morgan fingerprint density at radius 2 is 1.70 bits per heavy atom. The van der Waals surface area contributed by atoms with Crippen molar-refractivity contribution in [1.82, 2.24) is 10.2 Å². The molecular formula is C21H24Cl2N2O2. The number of benzene rings is 2. The Kier molecular flexibility index (Phi) is 7.69. The fraction of sp³-hybridized carbons (Fsp3) is 0.333. The summed E-state index contributed by atoms with van der Waals surface area (Å²) in [6.07, 6.45) is 0.0358. The van der Waals surface area contributed by atoms with Gasteiger partial charge in [0.05, 0.1) is 6.42 Å². The standard InChI is InChI=1S/C21H24Cl2N2O2/c1-4-24-21(27)15(3)25(13-16-9-6-5-8-14(16)2)20(26)12-17-18(22)10-7-11-19(17)23/h5-11,15H,4,12-13H2,1-3H3,(H,24,27)/t15-/m0/s1. The molecule has 0 radical (unpaired) electrons. The molecule has 0 heterocycles. The SMILES string of the molecule is CCNC(=O)[C@H](C)N(Cc1ccccc1C)C(=O)Cc1c(Cl)cccc1Cl. The fourth-order valence-electron chi connectivity index (χ4n) is 2.83. The summed E-state index contributed by atoms with van der Waals surface area (Å²) >= 11 is 12.4. The van der Waals surface area contributed by atoms with Gasteiger partial charge in [0.2, 0.25) is 11.8 Å². The quantitative estimate of drug-likeness (QED) is 0.740. The number of hydrogen-bond acceptors (Lipinski definition) is 2. The summed E-state index contributed by atoms with van der Waals surface area (Å²) in [5.41, 5.74) is 2.63. The minimum atomic E-state index is -0.613. The third kappa shape index (κ3) is 5.47. The lowest BCUT2D eigenvalue weighted by molar-refractivity contribution is -0.140. The number of likely N-dealkylation sites (N-methyl/N-ethyl adjacent to an activating group) is 1. The summed E-state index contributed by atoms with van der Waals surface area (Å²) in [5.74, 6) is -0.392. The topological polar surface area (TPSA) is 49.4 Å². The molecule has 0 unspecified atom stereocenters. The van der Waals surface area contributed by atoms with Crippen molar-refractivity contribution >= 4 is 35.0 Å². The van der Waals surface area contributed by atoms with E-state index in [1.807, 2.05) is 38.1 Å². The molecule has 0 aromatic heterocycles. The number of carbonyl (C=O) groups is 2. The molecule has 0 fully saturated rings. The third-order valence-electron chi connectivity index (χ3n) is 4.51. The third-order valence-corrected chi connectivity index (χ3v) is 5.22. The maximum absolute atomic E-state index is 13.1. The predicted molar refractivity (Wildman–Crippen MR) is 110 cm³/mol. The smallest absolute Gasteiger partial charge is 0.242 e. The molecule has 1 N–H and O–H groups in total. The van der Waals surface area contributed by atoms with E-state index in [4.69, 9.17) is 23.2 Å². The highest BCUT2D eigenvalue weighted by Gasteiger charge is 2.27. The number of rotatable bonds is 7. The normalized spacial score (nSPS) is 11.7. The van der Waals surface area contributed by atoms with Crippen molar-refractivity contribution in [2.75, 3.05) is 6.54 Å². The van der Waals surface area contributed by atoms with Crippen LogP contribution in [0, 0.1) is 6.92 Å². The van der Waals surface area contributed by atoms with Gasteiger partial charge in [-0.3, -0.25) is 9.59 Å². The Hall–Kier alpha value is -2.04. The van der Waals surface area contributed by atoms with Crippen LogP contribution < -0.4 is 5.32 Å². The molecule has 4 nitrogen and oxygen atoms in total. The number of hydrogen-bond donors (Lipinski definition) is 1. The number of nitrogens with one attached hydrogen (secondary N) is 1. The van der Waals surface area contributed by atoms with Crippen molar-refractivity contribution < 1.29 is 9.59 Å². The minimum Gasteiger partial charge on any atom is -0.355 e. The van der Waals surface area contributed by atoms with Gasteiger partial charge in [-0.05, 0) is 49.6 Å². The number of nitrogens with zero attached hydrogens (tertiary/aromatic N) is 1. The first-order valence-electron chi connectivity index (χ1n) is 8.89. The Balaban J connectivity index is 2.31. The van der Waals surface area contributed by atoms with E-state index in [2.05, 4.69) is 5.32 Å². The molecule has 1 atom stereocenters. The van der Waals surface area contributed by atoms with Gasteiger partial charge in [-0.2, -0.15) is 0 Å². The van der Waals surface area contributed by atoms with Crippen molar-refractivity contribution in [2.45, 2.75) is 39.8 Å². The van der Waals surface area contributed by atoms with Crippen LogP contribution in [0.2, 0.25) is 10.0 Å². The lowest BCUT2D eigenvalue weighted by atomic mass is 10.1. The van der Waals surface area contributed by atoms with E-state index in [1.54, 1.807) is 30.0 Å². The molecule has 27 heavy (non-hydrogen) atoms. The van der Waals surface area contributed by atoms with Gasteiger partial charge < -0.3 is 10.2 Å².